The van der Waals surface area contributed by atoms with Gasteiger partial charge in [-0.2, -0.15) is 0 Å². The maximum atomic E-state index is 11.2. The molecule has 0 unspecified atom stereocenters. The number of fused-ring (bicyclic) bond motifs is 1. The highest BCUT2D eigenvalue weighted by Gasteiger charge is 2.15. The Balaban J connectivity index is 2.03. The third-order valence-corrected chi connectivity index (χ3v) is 3.32. The molecule has 1 aromatic carbocycles. The lowest BCUT2D eigenvalue weighted by Gasteiger charge is -2.17. The van der Waals surface area contributed by atoms with Crippen molar-refractivity contribution in [1.29, 1.82) is 0 Å². The number of benzene rings is 1. The van der Waals surface area contributed by atoms with Crippen molar-refractivity contribution in [2.45, 2.75) is 12.8 Å². The first kappa shape index (κ1) is 9.54. The van der Waals surface area contributed by atoms with Crippen LogP contribution in [0.25, 0.3) is 11.3 Å². The molecule has 2 heterocycles. The van der Waals surface area contributed by atoms with Crippen molar-refractivity contribution in [3.05, 3.63) is 34.7 Å². The molecule has 0 saturated heterocycles. The van der Waals surface area contributed by atoms with Gasteiger partial charge in [0.1, 0.15) is 0 Å². The topological polar surface area (TPSA) is 42.0 Å². The first-order valence-corrected chi connectivity index (χ1v) is 6.08. The number of nitrogens with zero attached hydrogens (tertiary/aromatic N) is 1. The lowest BCUT2D eigenvalue weighted by molar-refractivity contribution is -0.116. The van der Waals surface area contributed by atoms with Crippen molar-refractivity contribution in [2.75, 3.05) is 5.32 Å². The lowest BCUT2D eigenvalue weighted by atomic mass is 9.99. The van der Waals surface area contributed by atoms with E-state index in [2.05, 4.69) is 16.4 Å². The van der Waals surface area contributed by atoms with Crippen LogP contribution in [0.15, 0.2) is 29.1 Å². The summed E-state index contributed by atoms with van der Waals surface area (Å²) in [4.78, 5) is 15.5. The number of anilines is 1. The quantitative estimate of drug-likeness (QED) is 0.818. The van der Waals surface area contributed by atoms with Crippen molar-refractivity contribution in [3.8, 4) is 11.3 Å². The van der Waals surface area contributed by atoms with Gasteiger partial charge in [-0.1, -0.05) is 6.07 Å². The van der Waals surface area contributed by atoms with E-state index in [0.29, 0.717) is 6.42 Å². The van der Waals surface area contributed by atoms with Gasteiger partial charge in [0.25, 0.3) is 0 Å². The first-order chi connectivity index (χ1) is 7.83. The first-order valence-electron chi connectivity index (χ1n) is 5.14. The predicted octanol–water partition coefficient (Wildman–Crippen LogP) is 2.69. The maximum Gasteiger partial charge on any atom is 0.224 e. The third-order valence-electron chi connectivity index (χ3n) is 2.73. The van der Waals surface area contributed by atoms with E-state index in [-0.39, 0.29) is 5.91 Å². The molecule has 3 nitrogen and oxygen atoms in total. The minimum Gasteiger partial charge on any atom is -0.326 e. The van der Waals surface area contributed by atoms with Crippen molar-refractivity contribution < 1.29 is 4.79 Å². The minimum absolute atomic E-state index is 0.105. The molecule has 80 valence electrons. The summed E-state index contributed by atoms with van der Waals surface area (Å²) in [5, 5.41) is 4.91. The zero-order chi connectivity index (χ0) is 11.0. The summed E-state index contributed by atoms with van der Waals surface area (Å²) in [5.74, 6) is 0.105. The zero-order valence-corrected chi connectivity index (χ0v) is 9.38. The smallest absolute Gasteiger partial charge is 0.224 e. The average molecular weight is 230 g/mol. The molecular formula is C12H10N2OS. The number of nitrogens with one attached hydrogen (secondary N) is 1. The van der Waals surface area contributed by atoms with Gasteiger partial charge in [0.15, 0.2) is 0 Å². The fraction of sp³-hybridized carbons (Fsp3) is 0.167. The van der Waals surface area contributed by atoms with Crippen LogP contribution in [-0.2, 0) is 11.2 Å². The molecule has 1 N–H and O–H groups in total. The van der Waals surface area contributed by atoms with Gasteiger partial charge in [-0.3, -0.25) is 4.79 Å². The normalized spacial score (nSPS) is 14.4. The van der Waals surface area contributed by atoms with Crippen molar-refractivity contribution in [3.63, 3.8) is 0 Å². The van der Waals surface area contributed by atoms with Crippen LogP contribution >= 0.6 is 11.3 Å². The van der Waals surface area contributed by atoms with E-state index in [1.165, 1.54) is 5.56 Å². The molecule has 16 heavy (non-hydrogen) atoms. The standard InChI is InChI=1S/C12H10N2OS/c15-12-4-2-8-5-9(1-3-10(8)14-12)11-6-16-7-13-11/h1,3,5-7H,2,4H2,(H,14,15). The fourth-order valence-electron chi connectivity index (χ4n) is 1.90. The van der Waals surface area contributed by atoms with Crippen LogP contribution in [0.4, 0.5) is 5.69 Å². The summed E-state index contributed by atoms with van der Waals surface area (Å²) in [6.07, 6.45) is 1.40. The summed E-state index contributed by atoms with van der Waals surface area (Å²) < 4.78 is 0. The summed E-state index contributed by atoms with van der Waals surface area (Å²) >= 11 is 1.59. The predicted molar refractivity (Wildman–Crippen MR) is 64.5 cm³/mol. The van der Waals surface area contributed by atoms with Gasteiger partial charge in [0.05, 0.1) is 11.2 Å². The molecule has 0 radical (unpaired) electrons. The van der Waals surface area contributed by atoms with Crippen molar-refractivity contribution in [1.82, 2.24) is 4.98 Å². The number of hydrogen-bond acceptors (Lipinski definition) is 3. The molecule has 0 saturated carbocycles. The average Bonchev–Trinajstić information content (AvgIpc) is 2.82. The van der Waals surface area contributed by atoms with Gasteiger partial charge >= 0.3 is 0 Å². The Hall–Kier alpha value is -1.68. The fourth-order valence-corrected chi connectivity index (χ4v) is 2.46. The van der Waals surface area contributed by atoms with E-state index in [0.717, 1.165) is 23.4 Å². The van der Waals surface area contributed by atoms with Crippen LogP contribution in [0.2, 0.25) is 0 Å². The Morgan fingerprint density at radius 1 is 1.31 bits per heavy atom. The Labute approximate surface area is 97.1 Å². The van der Waals surface area contributed by atoms with Gasteiger partial charge in [-0.15, -0.1) is 11.3 Å². The van der Waals surface area contributed by atoms with Crippen molar-refractivity contribution >= 4 is 22.9 Å². The molecule has 0 spiro atoms. The van der Waals surface area contributed by atoms with Crippen LogP contribution in [0.5, 0.6) is 0 Å². The third kappa shape index (κ3) is 1.61. The Morgan fingerprint density at radius 3 is 3.06 bits per heavy atom. The van der Waals surface area contributed by atoms with Crippen LogP contribution in [0.3, 0.4) is 0 Å². The molecule has 1 amide bonds. The minimum atomic E-state index is 0.105. The number of aromatic nitrogens is 1. The van der Waals surface area contributed by atoms with E-state index in [1.54, 1.807) is 11.3 Å². The number of aryl methyl sites for hydroxylation is 1. The van der Waals surface area contributed by atoms with E-state index in [9.17, 15) is 4.79 Å². The molecule has 1 aliphatic heterocycles. The number of amides is 1. The highest BCUT2D eigenvalue weighted by atomic mass is 32.1. The zero-order valence-electron chi connectivity index (χ0n) is 8.56. The van der Waals surface area contributed by atoms with E-state index < -0.39 is 0 Å². The molecule has 0 fully saturated rings. The number of thiazole rings is 1. The van der Waals surface area contributed by atoms with Crippen LogP contribution in [-0.4, -0.2) is 10.9 Å². The van der Waals surface area contributed by atoms with Crippen molar-refractivity contribution in [2.24, 2.45) is 0 Å². The Bertz CT molecular complexity index is 534. The Kier molecular flexibility index (Phi) is 2.22. The summed E-state index contributed by atoms with van der Waals surface area (Å²) in [6.45, 7) is 0. The maximum absolute atomic E-state index is 11.2. The summed E-state index contributed by atoms with van der Waals surface area (Å²) in [5.41, 5.74) is 6.09. The summed E-state index contributed by atoms with van der Waals surface area (Å²) in [7, 11) is 0. The lowest BCUT2D eigenvalue weighted by Crippen LogP contribution is -2.18. The van der Waals surface area contributed by atoms with Gasteiger partial charge in [0, 0.05) is 23.1 Å². The number of hydrogen-bond donors (Lipinski definition) is 1. The molecule has 4 heteroatoms. The molecule has 1 aliphatic rings. The molecule has 3 rings (SSSR count). The molecule has 0 aliphatic carbocycles. The van der Waals surface area contributed by atoms with E-state index in [1.807, 2.05) is 23.0 Å². The number of carbonyl (C=O) groups excluding carboxylic acids is 1. The van der Waals surface area contributed by atoms with Gasteiger partial charge in [-0.05, 0) is 24.1 Å². The van der Waals surface area contributed by atoms with Crippen LogP contribution in [0, 0.1) is 0 Å². The summed E-state index contributed by atoms with van der Waals surface area (Å²) in [6, 6.07) is 6.07. The second-order valence-electron chi connectivity index (χ2n) is 3.79. The highest BCUT2D eigenvalue weighted by Crippen LogP contribution is 2.28. The van der Waals surface area contributed by atoms with Crippen LogP contribution < -0.4 is 5.32 Å². The number of rotatable bonds is 1. The molecular weight excluding hydrogens is 220 g/mol. The second-order valence-corrected chi connectivity index (χ2v) is 4.51. The molecule has 0 bridgehead atoms. The molecule has 1 aromatic heterocycles. The number of carbonyl (C=O) groups is 1. The monoisotopic (exact) mass is 230 g/mol. The SMILES string of the molecule is O=C1CCc2cc(-c3cscn3)ccc2N1. The Morgan fingerprint density at radius 2 is 2.25 bits per heavy atom. The van der Waals surface area contributed by atoms with E-state index >= 15 is 0 Å². The van der Waals surface area contributed by atoms with Gasteiger partial charge < -0.3 is 5.32 Å². The highest BCUT2D eigenvalue weighted by molar-refractivity contribution is 7.07. The van der Waals surface area contributed by atoms with Gasteiger partial charge in [-0.25, -0.2) is 4.98 Å². The second kappa shape index (κ2) is 3.72. The van der Waals surface area contributed by atoms with Crippen LogP contribution in [0.1, 0.15) is 12.0 Å². The molecule has 0 atom stereocenters. The largest absolute Gasteiger partial charge is 0.326 e. The molecule has 2 aromatic rings. The van der Waals surface area contributed by atoms with Gasteiger partial charge in [0.2, 0.25) is 5.91 Å². The van der Waals surface area contributed by atoms with E-state index in [4.69, 9.17) is 0 Å².